The van der Waals surface area contributed by atoms with Gasteiger partial charge in [-0.3, -0.25) is 0 Å². The number of fused-ring (bicyclic) bond motifs is 6. The molecule has 3 aliphatic heterocycles. The molecule has 1 N–H and O–H groups in total. The van der Waals surface area contributed by atoms with E-state index in [1.807, 2.05) is 48.6 Å². The maximum Gasteiger partial charge on any atom is 0.330 e. The van der Waals surface area contributed by atoms with Crippen LogP contribution in [0.4, 0.5) is 11.4 Å². The van der Waals surface area contributed by atoms with Gasteiger partial charge in [-0.15, -0.1) is 12.4 Å². The number of nitrogens with one attached hydrogen (secondary N) is 1. The van der Waals surface area contributed by atoms with Gasteiger partial charge in [-0.1, -0.05) is 78.0 Å². The normalized spacial score (nSPS) is 23.4. The maximum atomic E-state index is 11.2. The Hall–Kier alpha value is -4.09. The Morgan fingerprint density at radius 2 is 1.00 bits per heavy atom. The summed E-state index contributed by atoms with van der Waals surface area (Å²) < 4.78 is 14.7. The monoisotopic (exact) mass is 938 g/mol. The van der Waals surface area contributed by atoms with Crippen LogP contribution in [-0.2, 0) is 28.6 Å². The minimum atomic E-state index is -0.351. The van der Waals surface area contributed by atoms with Crippen LogP contribution < -0.4 is 27.5 Å². The lowest BCUT2D eigenvalue weighted by molar-refractivity contribution is -0.135. The molecule has 6 atom stereocenters. The van der Waals surface area contributed by atoms with Gasteiger partial charge in [-0.2, -0.15) is 0 Å². The predicted octanol–water partition coefficient (Wildman–Crippen LogP) is 7.18. The largest absolute Gasteiger partial charge is 1.00 e. The zero-order valence-corrected chi connectivity index (χ0v) is 38.0. The molecule has 6 aliphatic rings. The number of anilines is 2. The number of ether oxygens (including phenoxy) is 3. The number of carbonyl (C=O) groups excluding carboxylic acids is 3. The zero-order chi connectivity index (χ0) is 40.9. The summed E-state index contributed by atoms with van der Waals surface area (Å²) in [4.78, 5) is 38.2. The summed E-state index contributed by atoms with van der Waals surface area (Å²) in [6.45, 7) is 3.63. The number of carbonyl (C=O) groups is 3. The van der Waals surface area contributed by atoms with E-state index in [0.717, 1.165) is 58.0 Å². The second kappa shape index (κ2) is 25.8. The average Bonchev–Trinajstić information content (AvgIpc) is 4.16. The molecule has 3 aliphatic carbocycles. The van der Waals surface area contributed by atoms with Gasteiger partial charge in [0.15, 0.2) is 0 Å². The molecule has 12 heteroatoms. The molecule has 0 aromatic heterocycles. The summed E-state index contributed by atoms with van der Waals surface area (Å²) in [6, 6.07) is 26.5. The standard InChI is InChI=1S/2C16H19NO2.C10H9BrO2.C6H11N.CH4.2ClH/c2*1-19-16(18)9-7-13-4-2-3-5-15(13)17-11-12-6-8-14(17)10-12;1-13-10(12)7-6-8-4-2-3-5-9(8)11;1-2-6-3-5(1)4-7-6;;;/h2*2-5,7,9,12,14H,6,8,10-11H2,1H3;2-7H,1H3;5-7H,1-4H2;1H4;2*1H/p-1/b2*9-7+;7-6+;;;;. The molecule has 6 unspecified atom stereocenters. The van der Waals surface area contributed by atoms with E-state index in [1.54, 1.807) is 6.08 Å². The lowest BCUT2D eigenvalue weighted by atomic mass is 10.1. The molecule has 3 heterocycles. The minimum absolute atomic E-state index is 0. The summed E-state index contributed by atoms with van der Waals surface area (Å²) in [6.07, 6.45) is 22.2. The van der Waals surface area contributed by atoms with E-state index in [4.69, 9.17) is 0 Å². The summed E-state index contributed by atoms with van der Waals surface area (Å²) in [5, 5.41) is 3.46. The van der Waals surface area contributed by atoms with Gasteiger partial charge < -0.3 is 41.7 Å². The van der Waals surface area contributed by atoms with Gasteiger partial charge in [-0.05, 0) is 135 Å². The third kappa shape index (κ3) is 14.5. The zero-order valence-electron chi connectivity index (χ0n) is 34.8. The van der Waals surface area contributed by atoms with Crippen molar-refractivity contribution in [3.8, 4) is 0 Å². The van der Waals surface area contributed by atoms with E-state index in [1.165, 1.54) is 115 Å². The fraction of sp³-hybridized carbons (Fsp3) is 0.449. The molecule has 3 saturated carbocycles. The van der Waals surface area contributed by atoms with Crippen LogP contribution in [0.15, 0.2) is 95.5 Å². The number of methoxy groups -OCH3 is 3. The van der Waals surface area contributed by atoms with E-state index < -0.39 is 0 Å². The summed E-state index contributed by atoms with van der Waals surface area (Å²) in [7, 11) is 4.16. The third-order valence-electron chi connectivity index (χ3n) is 12.3. The van der Waals surface area contributed by atoms with Crippen LogP contribution in [0.25, 0.3) is 18.2 Å². The molecular weight excluding hydrogens is 877 g/mol. The number of halogens is 3. The Bertz CT molecular complexity index is 1850. The molecule has 3 aromatic rings. The van der Waals surface area contributed by atoms with E-state index in [9.17, 15) is 14.4 Å². The molecule has 61 heavy (non-hydrogen) atoms. The van der Waals surface area contributed by atoms with Gasteiger partial charge in [0.05, 0.1) is 21.3 Å². The summed E-state index contributed by atoms with van der Waals surface area (Å²) in [5.41, 5.74) is 5.64. The highest BCUT2D eigenvalue weighted by Gasteiger charge is 2.39. The van der Waals surface area contributed by atoms with Gasteiger partial charge in [0, 0.05) is 65.3 Å². The van der Waals surface area contributed by atoms with Crippen LogP contribution in [0.2, 0.25) is 0 Å². The van der Waals surface area contributed by atoms with Gasteiger partial charge >= 0.3 is 17.9 Å². The Balaban J connectivity index is 0.000000223. The van der Waals surface area contributed by atoms with Crippen LogP contribution in [0.3, 0.4) is 0 Å². The Labute approximate surface area is 384 Å². The Kier molecular flexibility index (Phi) is 21.6. The van der Waals surface area contributed by atoms with Crippen molar-refractivity contribution in [1.29, 1.82) is 0 Å². The SMILES string of the molecule is C.C1CC2CC1CN2.COC(=O)/C=C/c1ccccc1Br.COC(=O)/C=C/c1ccccc1N1CC2CCC1C2.COC(=O)/C=C/c1ccccc1N1CC2CCC1C2.Cl.[Cl-]. The Morgan fingerprint density at radius 1 is 0.590 bits per heavy atom. The first-order valence-corrected chi connectivity index (χ1v) is 21.5. The predicted molar refractivity (Wildman–Crippen MR) is 250 cm³/mol. The highest BCUT2D eigenvalue weighted by atomic mass is 79.9. The van der Waals surface area contributed by atoms with Crippen LogP contribution in [-0.4, -0.2) is 77.0 Å². The van der Waals surface area contributed by atoms with Crippen molar-refractivity contribution in [1.82, 2.24) is 5.32 Å². The number of benzene rings is 3. The number of para-hydroxylation sites is 2. The first kappa shape index (κ1) is 51.3. The number of rotatable bonds is 8. The van der Waals surface area contributed by atoms with Crippen molar-refractivity contribution in [3.05, 3.63) is 112 Å². The minimum Gasteiger partial charge on any atom is -1.00 e. The second-order valence-corrected chi connectivity index (χ2v) is 16.8. The van der Waals surface area contributed by atoms with Crippen molar-refractivity contribution < 1.29 is 41.0 Å². The van der Waals surface area contributed by atoms with E-state index >= 15 is 0 Å². The maximum absolute atomic E-state index is 11.2. The van der Waals surface area contributed by atoms with Gasteiger partial charge in [-0.25, -0.2) is 14.4 Å². The molecule has 6 fully saturated rings. The van der Waals surface area contributed by atoms with Gasteiger partial charge in [0.2, 0.25) is 0 Å². The number of hydrogen-bond donors (Lipinski definition) is 1. The fourth-order valence-corrected chi connectivity index (χ4v) is 9.70. The van der Waals surface area contributed by atoms with Crippen molar-refractivity contribution in [2.24, 2.45) is 17.8 Å². The highest BCUT2D eigenvalue weighted by molar-refractivity contribution is 9.10. The van der Waals surface area contributed by atoms with Crippen molar-refractivity contribution in [2.75, 3.05) is 50.8 Å². The molecule has 3 saturated heterocycles. The third-order valence-corrected chi connectivity index (χ3v) is 13.0. The smallest absolute Gasteiger partial charge is 0.330 e. The summed E-state index contributed by atoms with van der Waals surface area (Å²) >= 11 is 3.36. The van der Waals surface area contributed by atoms with Crippen LogP contribution >= 0.6 is 28.3 Å². The fourth-order valence-electron chi connectivity index (χ4n) is 9.29. The molecule has 9 rings (SSSR count). The second-order valence-electron chi connectivity index (χ2n) is 16.0. The highest BCUT2D eigenvalue weighted by Crippen LogP contribution is 2.42. The average molecular weight is 941 g/mol. The topological polar surface area (TPSA) is 97.4 Å². The molecule has 3 aromatic carbocycles. The molecule has 332 valence electrons. The van der Waals surface area contributed by atoms with Crippen molar-refractivity contribution in [2.45, 2.75) is 83.3 Å². The number of hydrogen-bond acceptors (Lipinski definition) is 9. The summed E-state index contributed by atoms with van der Waals surface area (Å²) in [5.74, 6) is 1.82. The van der Waals surface area contributed by atoms with Gasteiger partial charge in [0.1, 0.15) is 0 Å². The number of esters is 3. The lowest BCUT2D eigenvalue weighted by Gasteiger charge is -2.30. The number of nitrogens with zero attached hydrogens (tertiary/aromatic N) is 2. The molecule has 0 amide bonds. The van der Waals surface area contributed by atoms with Crippen molar-refractivity contribution in [3.63, 3.8) is 0 Å². The molecule has 0 spiro atoms. The quantitative estimate of drug-likeness (QED) is 0.143. The van der Waals surface area contributed by atoms with Crippen LogP contribution in [0.5, 0.6) is 0 Å². The molecular formula is C49H63BrCl2N3O6-. The first-order chi connectivity index (χ1) is 28.2. The van der Waals surface area contributed by atoms with E-state index in [2.05, 4.69) is 81.7 Å². The van der Waals surface area contributed by atoms with E-state index in [0.29, 0.717) is 12.1 Å². The van der Waals surface area contributed by atoms with Crippen LogP contribution in [0, 0.1) is 17.8 Å². The Morgan fingerprint density at radius 3 is 1.31 bits per heavy atom. The van der Waals surface area contributed by atoms with E-state index in [-0.39, 0.29) is 50.1 Å². The lowest BCUT2D eigenvalue weighted by Crippen LogP contribution is -3.00. The number of piperidine rings is 3. The molecule has 9 nitrogen and oxygen atoms in total. The molecule has 0 radical (unpaired) electrons. The molecule has 6 bridgehead atoms. The van der Waals surface area contributed by atoms with Gasteiger partial charge in [0.25, 0.3) is 0 Å². The van der Waals surface area contributed by atoms with Crippen molar-refractivity contribution >= 4 is 75.8 Å². The van der Waals surface area contributed by atoms with Crippen LogP contribution in [0.1, 0.15) is 81.9 Å². The first-order valence-electron chi connectivity index (χ1n) is 20.7.